The summed E-state index contributed by atoms with van der Waals surface area (Å²) in [6.07, 6.45) is 5.85. The summed E-state index contributed by atoms with van der Waals surface area (Å²) in [4.78, 5) is 20.1. The van der Waals surface area contributed by atoms with Gasteiger partial charge in [-0.1, -0.05) is 6.92 Å². The highest BCUT2D eigenvalue weighted by atomic mass is 16.4. The molecule has 96 valence electrons. The van der Waals surface area contributed by atoms with Crippen LogP contribution in [0.4, 0.5) is 5.82 Å². The van der Waals surface area contributed by atoms with Crippen molar-refractivity contribution in [2.24, 2.45) is 0 Å². The number of aromatic nitrogens is 3. The number of rotatable bonds is 5. The topological polar surface area (TPSA) is 73.0 Å². The SMILES string of the molecule is CCCn1ccnc(NCc2ncc(C)o2)c1=O. The fraction of sp³-hybridized carbons (Fsp3) is 0.417. The van der Waals surface area contributed by atoms with Gasteiger partial charge in [0, 0.05) is 18.9 Å². The van der Waals surface area contributed by atoms with Crippen LogP contribution in [-0.4, -0.2) is 14.5 Å². The maximum Gasteiger partial charge on any atom is 0.293 e. The van der Waals surface area contributed by atoms with Gasteiger partial charge in [-0.2, -0.15) is 0 Å². The van der Waals surface area contributed by atoms with E-state index >= 15 is 0 Å². The Hall–Kier alpha value is -2.11. The second-order valence-corrected chi connectivity index (χ2v) is 3.99. The molecule has 0 aromatic carbocycles. The van der Waals surface area contributed by atoms with E-state index < -0.39 is 0 Å². The van der Waals surface area contributed by atoms with Gasteiger partial charge in [-0.25, -0.2) is 9.97 Å². The molecule has 2 aromatic rings. The predicted molar refractivity (Wildman–Crippen MR) is 67.4 cm³/mol. The van der Waals surface area contributed by atoms with Crippen LogP contribution in [0.2, 0.25) is 0 Å². The van der Waals surface area contributed by atoms with Crippen LogP contribution in [0.15, 0.2) is 27.8 Å². The summed E-state index contributed by atoms with van der Waals surface area (Å²) in [5.74, 6) is 1.61. The first-order valence-electron chi connectivity index (χ1n) is 5.91. The second-order valence-electron chi connectivity index (χ2n) is 3.99. The molecule has 6 heteroatoms. The molecule has 0 aliphatic carbocycles. The molecule has 0 aliphatic rings. The Morgan fingerprint density at radius 1 is 1.44 bits per heavy atom. The Morgan fingerprint density at radius 2 is 2.28 bits per heavy atom. The molecule has 0 atom stereocenters. The smallest absolute Gasteiger partial charge is 0.293 e. The van der Waals surface area contributed by atoms with Gasteiger partial charge in [-0.3, -0.25) is 4.79 Å². The van der Waals surface area contributed by atoms with E-state index in [1.165, 1.54) is 0 Å². The quantitative estimate of drug-likeness (QED) is 0.869. The van der Waals surface area contributed by atoms with E-state index in [1.807, 2.05) is 13.8 Å². The molecule has 0 amide bonds. The molecular formula is C12H16N4O2. The van der Waals surface area contributed by atoms with E-state index in [-0.39, 0.29) is 5.56 Å². The molecule has 0 spiro atoms. The van der Waals surface area contributed by atoms with Crippen molar-refractivity contribution in [1.29, 1.82) is 0 Å². The summed E-state index contributed by atoms with van der Waals surface area (Å²) in [5, 5.41) is 2.94. The standard InChI is InChI=1S/C12H16N4O2/c1-3-5-16-6-4-13-11(12(16)17)15-8-10-14-7-9(2)18-10/h4,6-7H,3,5,8H2,1-2H3,(H,13,15). The Kier molecular flexibility index (Phi) is 3.76. The molecule has 0 bridgehead atoms. The zero-order valence-corrected chi connectivity index (χ0v) is 10.5. The number of hydrogen-bond donors (Lipinski definition) is 1. The largest absolute Gasteiger partial charge is 0.444 e. The van der Waals surface area contributed by atoms with Gasteiger partial charge in [0.1, 0.15) is 5.76 Å². The molecule has 0 saturated heterocycles. The summed E-state index contributed by atoms with van der Waals surface area (Å²) >= 11 is 0. The van der Waals surface area contributed by atoms with E-state index in [0.717, 1.165) is 12.2 Å². The normalized spacial score (nSPS) is 10.6. The Bertz CT molecular complexity index is 573. The first kappa shape index (κ1) is 12.3. The minimum Gasteiger partial charge on any atom is -0.444 e. The van der Waals surface area contributed by atoms with Crippen LogP contribution in [0.1, 0.15) is 25.0 Å². The Balaban J connectivity index is 2.09. The van der Waals surface area contributed by atoms with E-state index in [4.69, 9.17) is 4.42 Å². The summed E-state index contributed by atoms with van der Waals surface area (Å²) in [6, 6.07) is 0. The average Bonchev–Trinajstić information content (AvgIpc) is 2.77. The molecule has 1 N–H and O–H groups in total. The number of hydrogen-bond acceptors (Lipinski definition) is 5. The van der Waals surface area contributed by atoms with Gasteiger partial charge < -0.3 is 14.3 Å². The van der Waals surface area contributed by atoms with Crippen molar-refractivity contribution in [2.45, 2.75) is 33.4 Å². The molecule has 18 heavy (non-hydrogen) atoms. The summed E-state index contributed by atoms with van der Waals surface area (Å²) in [5.41, 5.74) is -0.123. The van der Waals surface area contributed by atoms with Gasteiger partial charge in [-0.15, -0.1) is 0 Å². The first-order valence-corrected chi connectivity index (χ1v) is 5.91. The fourth-order valence-corrected chi connectivity index (χ4v) is 1.63. The van der Waals surface area contributed by atoms with Gasteiger partial charge in [0.2, 0.25) is 5.89 Å². The molecule has 0 unspecified atom stereocenters. The van der Waals surface area contributed by atoms with Crippen LogP contribution in [0.5, 0.6) is 0 Å². The highest BCUT2D eigenvalue weighted by Gasteiger charge is 2.06. The van der Waals surface area contributed by atoms with Crippen molar-refractivity contribution in [3.63, 3.8) is 0 Å². The maximum atomic E-state index is 12.0. The molecule has 0 radical (unpaired) electrons. The number of anilines is 1. The third kappa shape index (κ3) is 2.77. The van der Waals surface area contributed by atoms with Crippen molar-refractivity contribution in [1.82, 2.24) is 14.5 Å². The summed E-state index contributed by atoms with van der Waals surface area (Å²) in [7, 11) is 0. The fourth-order valence-electron chi connectivity index (χ4n) is 1.63. The zero-order chi connectivity index (χ0) is 13.0. The van der Waals surface area contributed by atoms with Gasteiger partial charge in [0.05, 0.1) is 12.7 Å². The zero-order valence-electron chi connectivity index (χ0n) is 10.5. The molecule has 2 rings (SSSR count). The van der Waals surface area contributed by atoms with E-state index in [0.29, 0.717) is 24.8 Å². The van der Waals surface area contributed by atoms with E-state index in [2.05, 4.69) is 15.3 Å². The van der Waals surface area contributed by atoms with Crippen LogP contribution < -0.4 is 10.9 Å². The minimum absolute atomic E-state index is 0.123. The highest BCUT2D eigenvalue weighted by Crippen LogP contribution is 2.03. The van der Waals surface area contributed by atoms with Gasteiger partial charge >= 0.3 is 0 Å². The van der Waals surface area contributed by atoms with Crippen LogP contribution in [-0.2, 0) is 13.1 Å². The lowest BCUT2D eigenvalue weighted by atomic mass is 10.4. The van der Waals surface area contributed by atoms with E-state index in [9.17, 15) is 4.79 Å². The van der Waals surface area contributed by atoms with Crippen molar-refractivity contribution in [2.75, 3.05) is 5.32 Å². The highest BCUT2D eigenvalue weighted by molar-refractivity contribution is 5.30. The van der Waals surface area contributed by atoms with Crippen molar-refractivity contribution >= 4 is 5.82 Å². The van der Waals surface area contributed by atoms with Gasteiger partial charge in [0.15, 0.2) is 5.82 Å². The third-order valence-corrected chi connectivity index (χ3v) is 2.45. The molecule has 6 nitrogen and oxygen atoms in total. The Labute approximate surface area is 105 Å². The van der Waals surface area contributed by atoms with Crippen LogP contribution in [0, 0.1) is 6.92 Å². The molecule has 2 aromatic heterocycles. The lowest BCUT2D eigenvalue weighted by Crippen LogP contribution is -2.24. The minimum atomic E-state index is -0.123. The van der Waals surface area contributed by atoms with Crippen LogP contribution in [0.25, 0.3) is 0 Å². The third-order valence-electron chi connectivity index (χ3n) is 2.45. The summed E-state index contributed by atoms with van der Waals surface area (Å²) in [6.45, 7) is 4.89. The Morgan fingerprint density at radius 3 is 2.94 bits per heavy atom. The lowest BCUT2D eigenvalue weighted by Gasteiger charge is -2.06. The van der Waals surface area contributed by atoms with Crippen molar-refractivity contribution < 1.29 is 4.42 Å². The van der Waals surface area contributed by atoms with Gasteiger partial charge in [-0.05, 0) is 13.3 Å². The van der Waals surface area contributed by atoms with Crippen molar-refractivity contribution in [3.8, 4) is 0 Å². The second kappa shape index (κ2) is 5.48. The van der Waals surface area contributed by atoms with Crippen LogP contribution in [0.3, 0.4) is 0 Å². The molecule has 0 saturated carbocycles. The monoisotopic (exact) mass is 248 g/mol. The maximum absolute atomic E-state index is 12.0. The van der Waals surface area contributed by atoms with Crippen LogP contribution >= 0.6 is 0 Å². The number of nitrogens with zero attached hydrogens (tertiary/aromatic N) is 3. The number of nitrogens with one attached hydrogen (secondary N) is 1. The number of aryl methyl sites for hydroxylation is 2. The predicted octanol–water partition coefficient (Wildman–Crippen LogP) is 1.56. The van der Waals surface area contributed by atoms with Gasteiger partial charge in [0.25, 0.3) is 5.56 Å². The molecule has 2 heterocycles. The molecule has 0 aliphatic heterocycles. The molecular weight excluding hydrogens is 232 g/mol. The average molecular weight is 248 g/mol. The molecule has 0 fully saturated rings. The lowest BCUT2D eigenvalue weighted by molar-refractivity contribution is 0.478. The summed E-state index contributed by atoms with van der Waals surface area (Å²) < 4.78 is 6.95. The first-order chi connectivity index (χ1) is 8.70. The van der Waals surface area contributed by atoms with Crippen molar-refractivity contribution in [3.05, 3.63) is 40.6 Å². The van der Waals surface area contributed by atoms with E-state index in [1.54, 1.807) is 23.2 Å². The number of oxazole rings is 1.